The summed E-state index contributed by atoms with van der Waals surface area (Å²) in [6.07, 6.45) is 1.47. The first-order chi connectivity index (χ1) is 18.9. The predicted octanol–water partition coefficient (Wildman–Crippen LogP) is 4.91. The third-order valence-corrected chi connectivity index (χ3v) is 5.77. The molecule has 0 spiro atoms. The van der Waals surface area contributed by atoms with Crippen molar-refractivity contribution in [1.29, 1.82) is 5.26 Å². The Morgan fingerprint density at radius 2 is 1.74 bits per heavy atom. The van der Waals surface area contributed by atoms with Crippen LogP contribution in [-0.2, 0) is 16.2 Å². The zero-order valence-corrected chi connectivity index (χ0v) is 22.4. The Morgan fingerprint density at radius 3 is 2.41 bits per heavy atom. The number of hydrazone groups is 1. The van der Waals surface area contributed by atoms with Gasteiger partial charge in [0.2, 0.25) is 5.91 Å². The average Bonchev–Trinajstić information content (AvgIpc) is 2.93. The van der Waals surface area contributed by atoms with Gasteiger partial charge in [0.15, 0.2) is 11.5 Å². The number of hydrogen-bond donors (Lipinski definition) is 2. The number of amides is 2. The smallest absolute Gasteiger partial charge is 0.252 e. The molecular formula is C30H32N4O5. The number of anilines is 1. The summed E-state index contributed by atoms with van der Waals surface area (Å²) < 4.78 is 16.8. The lowest BCUT2D eigenvalue weighted by Gasteiger charge is -2.18. The van der Waals surface area contributed by atoms with Crippen LogP contribution in [0.2, 0.25) is 0 Å². The van der Waals surface area contributed by atoms with Gasteiger partial charge in [0, 0.05) is 11.3 Å². The van der Waals surface area contributed by atoms with E-state index in [1.807, 2.05) is 19.1 Å². The van der Waals surface area contributed by atoms with E-state index in [1.165, 1.54) is 6.21 Å². The molecule has 0 aliphatic heterocycles. The molecule has 9 nitrogen and oxygen atoms in total. The quantitative estimate of drug-likeness (QED) is 0.196. The fourth-order valence-electron chi connectivity index (χ4n) is 3.76. The van der Waals surface area contributed by atoms with Gasteiger partial charge in [-0.3, -0.25) is 9.59 Å². The van der Waals surface area contributed by atoms with Gasteiger partial charge in [-0.05, 0) is 66.9 Å². The molecule has 3 rings (SSSR count). The lowest BCUT2D eigenvalue weighted by atomic mass is 9.94. The lowest BCUT2D eigenvalue weighted by molar-refractivity contribution is -0.134. The number of nitrogens with one attached hydrogen (secondary N) is 2. The van der Waals surface area contributed by atoms with E-state index < -0.39 is 17.7 Å². The van der Waals surface area contributed by atoms with Gasteiger partial charge in [-0.1, -0.05) is 32.0 Å². The Morgan fingerprint density at radius 1 is 1.00 bits per heavy atom. The molecule has 3 aromatic carbocycles. The minimum Gasteiger partial charge on any atom is -0.497 e. The van der Waals surface area contributed by atoms with Crippen molar-refractivity contribution >= 4 is 23.7 Å². The maximum Gasteiger partial charge on any atom is 0.252 e. The molecule has 0 aliphatic carbocycles. The maximum absolute atomic E-state index is 12.8. The van der Waals surface area contributed by atoms with Crippen molar-refractivity contribution in [2.24, 2.45) is 16.9 Å². The summed E-state index contributed by atoms with van der Waals surface area (Å²) >= 11 is 0. The van der Waals surface area contributed by atoms with Crippen molar-refractivity contribution in [2.45, 2.75) is 27.4 Å². The maximum atomic E-state index is 12.8. The van der Waals surface area contributed by atoms with Gasteiger partial charge in [0.25, 0.3) is 5.91 Å². The first kappa shape index (κ1) is 28.7. The van der Waals surface area contributed by atoms with E-state index in [9.17, 15) is 14.9 Å². The van der Waals surface area contributed by atoms with E-state index in [1.54, 1.807) is 75.6 Å². The first-order valence-corrected chi connectivity index (χ1v) is 12.5. The third-order valence-electron chi connectivity index (χ3n) is 5.77. The SMILES string of the molecule is CCOc1cc(C=NNC(=O)C(C(=O)Nc2ccc(OC)cc2)C(C)C)ccc1OCc1ccccc1C#N. The molecule has 2 amide bonds. The Balaban J connectivity index is 1.65. The Bertz CT molecular complexity index is 1350. The number of benzene rings is 3. The molecule has 0 aromatic heterocycles. The number of nitrogens with zero attached hydrogens (tertiary/aromatic N) is 2. The van der Waals surface area contributed by atoms with Crippen LogP contribution in [0.25, 0.3) is 0 Å². The topological polar surface area (TPSA) is 122 Å². The normalized spacial score (nSPS) is 11.5. The molecule has 0 aliphatic rings. The molecule has 39 heavy (non-hydrogen) atoms. The van der Waals surface area contributed by atoms with E-state index in [4.69, 9.17) is 14.2 Å². The van der Waals surface area contributed by atoms with E-state index in [2.05, 4.69) is 21.9 Å². The second kappa shape index (κ2) is 14.2. The molecule has 0 radical (unpaired) electrons. The van der Waals surface area contributed by atoms with Gasteiger partial charge < -0.3 is 19.5 Å². The minimum absolute atomic E-state index is 0.211. The zero-order valence-electron chi connectivity index (χ0n) is 22.4. The number of carbonyl (C=O) groups is 2. The van der Waals surface area contributed by atoms with Crippen LogP contribution in [0.5, 0.6) is 17.2 Å². The van der Waals surface area contributed by atoms with Crippen molar-refractivity contribution in [3.63, 3.8) is 0 Å². The van der Waals surface area contributed by atoms with Crippen LogP contribution >= 0.6 is 0 Å². The number of rotatable bonds is 12. The summed E-state index contributed by atoms with van der Waals surface area (Å²) in [7, 11) is 1.56. The van der Waals surface area contributed by atoms with E-state index in [0.29, 0.717) is 40.7 Å². The second-order valence-electron chi connectivity index (χ2n) is 8.87. The standard InChI is InChI=1S/C30H32N4O5/c1-5-38-27-16-21(10-15-26(27)39-19-23-9-7-6-8-22(23)17-31)18-32-34-30(36)28(20(2)3)29(35)33-24-11-13-25(37-4)14-12-24/h6-16,18,20,28H,5,19H2,1-4H3,(H,33,35)(H,34,36). The largest absolute Gasteiger partial charge is 0.497 e. The van der Waals surface area contributed by atoms with Crippen LogP contribution in [0, 0.1) is 23.2 Å². The molecule has 3 aromatic rings. The molecule has 0 saturated carbocycles. The summed E-state index contributed by atoms with van der Waals surface area (Å²) in [6.45, 7) is 6.08. The predicted molar refractivity (Wildman–Crippen MR) is 149 cm³/mol. The van der Waals surface area contributed by atoms with Crippen LogP contribution in [-0.4, -0.2) is 31.7 Å². The highest BCUT2D eigenvalue weighted by molar-refractivity contribution is 6.06. The number of methoxy groups -OCH3 is 1. The highest BCUT2D eigenvalue weighted by Crippen LogP contribution is 2.29. The summed E-state index contributed by atoms with van der Waals surface area (Å²) in [5.41, 5.74) is 5.01. The van der Waals surface area contributed by atoms with Crippen molar-refractivity contribution in [3.8, 4) is 23.3 Å². The van der Waals surface area contributed by atoms with Crippen molar-refractivity contribution < 1.29 is 23.8 Å². The van der Waals surface area contributed by atoms with Gasteiger partial charge >= 0.3 is 0 Å². The third kappa shape index (κ3) is 8.07. The van der Waals surface area contributed by atoms with Crippen molar-refractivity contribution in [2.75, 3.05) is 19.0 Å². The van der Waals surface area contributed by atoms with Gasteiger partial charge in [-0.25, -0.2) is 5.43 Å². The molecule has 0 fully saturated rings. The molecule has 0 saturated heterocycles. The fourth-order valence-corrected chi connectivity index (χ4v) is 3.76. The van der Waals surface area contributed by atoms with Gasteiger partial charge in [-0.2, -0.15) is 10.4 Å². The molecule has 0 heterocycles. The molecular weight excluding hydrogens is 496 g/mol. The molecule has 202 valence electrons. The van der Waals surface area contributed by atoms with Crippen LogP contribution < -0.4 is 25.0 Å². The number of hydrogen-bond acceptors (Lipinski definition) is 7. The summed E-state index contributed by atoms with van der Waals surface area (Å²) in [5.74, 6) is -0.478. The summed E-state index contributed by atoms with van der Waals surface area (Å²) in [6, 6.07) is 21.5. The monoisotopic (exact) mass is 528 g/mol. The Labute approximate surface area is 228 Å². The summed E-state index contributed by atoms with van der Waals surface area (Å²) in [4.78, 5) is 25.7. The molecule has 0 bridgehead atoms. The van der Waals surface area contributed by atoms with E-state index in [0.717, 1.165) is 5.56 Å². The zero-order chi connectivity index (χ0) is 28.2. The van der Waals surface area contributed by atoms with Gasteiger partial charge in [0.1, 0.15) is 18.3 Å². The molecule has 1 atom stereocenters. The molecule has 1 unspecified atom stereocenters. The van der Waals surface area contributed by atoms with Crippen molar-refractivity contribution in [3.05, 3.63) is 83.4 Å². The minimum atomic E-state index is -0.949. The van der Waals surface area contributed by atoms with Gasteiger partial charge in [-0.15, -0.1) is 0 Å². The van der Waals surface area contributed by atoms with E-state index >= 15 is 0 Å². The highest BCUT2D eigenvalue weighted by atomic mass is 16.5. The van der Waals surface area contributed by atoms with Crippen LogP contribution in [0.15, 0.2) is 71.8 Å². The van der Waals surface area contributed by atoms with Crippen LogP contribution in [0.1, 0.15) is 37.5 Å². The van der Waals surface area contributed by atoms with Crippen LogP contribution in [0.4, 0.5) is 5.69 Å². The molecule has 2 N–H and O–H groups in total. The highest BCUT2D eigenvalue weighted by Gasteiger charge is 2.30. The van der Waals surface area contributed by atoms with E-state index in [-0.39, 0.29) is 12.5 Å². The lowest BCUT2D eigenvalue weighted by Crippen LogP contribution is -2.39. The van der Waals surface area contributed by atoms with Gasteiger partial charge in [0.05, 0.1) is 31.6 Å². The summed E-state index contributed by atoms with van der Waals surface area (Å²) in [5, 5.41) is 16.1. The number of carbonyl (C=O) groups excluding carboxylic acids is 2. The average molecular weight is 529 g/mol. The van der Waals surface area contributed by atoms with Crippen molar-refractivity contribution in [1.82, 2.24) is 5.43 Å². The first-order valence-electron chi connectivity index (χ1n) is 12.5. The Hall–Kier alpha value is -4.84. The number of nitriles is 1. The molecule has 9 heteroatoms. The number of ether oxygens (including phenoxy) is 3. The Kier molecular flexibility index (Phi) is 10.5. The van der Waals surface area contributed by atoms with Crippen LogP contribution in [0.3, 0.4) is 0 Å². The fraction of sp³-hybridized carbons (Fsp3) is 0.267. The second-order valence-corrected chi connectivity index (χ2v) is 8.87.